The summed E-state index contributed by atoms with van der Waals surface area (Å²) in [7, 11) is 0. The van der Waals surface area contributed by atoms with Gasteiger partial charge in [-0.25, -0.2) is 0 Å². The lowest BCUT2D eigenvalue weighted by molar-refractivity contribution is -0.102. The SMILES string of the molecule is O=CC1=NCCc2cc(Br)ccc21. The third kappa shape index (κ3) is 1.56. The van der Waals surface area contributed by atoms with Crippen molar-refractivity contribution in [2.24, 2.45) is 4.99 Å². The largest absolute Gasteiger partial charge is 0.296 e. The van der Waals surface area contributed by atoms with Crippen molar-refractivity contribution in [2.75, 3.05) is 6.54 Å². The lowest BCUT2D eigenvalue weighted by atomic mass is 9.98. The molecule has 0 saturated carbocycles. The van der Waals surface area contributed by atoms with Gasteiger partial charge in [-0.3, -0.25) is 9.79 Å². The number of aliphatic imine (C=N–C) groups is 1. The average Bonchev–Trinajstić information content (AvgIpc) is 2.16. The van der Waals surface area contributed by atoms with E-state index in [1.807, 2.05) is 18.2 Å². The van der Waals surface area contributed by atoms with Crippen LogP contribution in [0, 0.1) is 0 Å². The number of hydrogen-bond acceptors (Lipinski definition) is 2. The Balaban J connectivity index is 2.55. The van der Waals surface area contributed by atoms with Gasteiger partial charge in [0.2, 0.25) is 0 Å². The van der Waals surface area contributed by atoms with Gasteiger partial charge < -0.3 is 0 Å². The molecule has 13 heavy (non-hydrogen) atoms. The second kappa shape index (κ2) is 3.42. The lowest BCUT2D eigenvalue weighted by Crippen LogP contribution is -2.13. The molecular formula is C10H8BrNO. The summed E-state index contributed by atoms with van der Waals surface area (Å²) in [6.07, 6.45) is 1.75. The van der Waals surface area contributed by atoms with Crippen molar-refractivity contribution in [3.63, 3.8) is 0 Å². The van der Waals surface area contributed by atoms with E-state index in [1.54, 1.807) is 0 Å². The Hall–Kier alpha value is -0.960. The molecule has 1 aromatic carbocycles. The molecule has 0 fully saturated rings. The van der Waals surface area contributed by atoms with Crippen LogP contribution in [0.25, 0.3) is 0 Å². The Kier molecular flexibility index (Phi) is 2.27. The van der Waals surface area contributed by atoms with Crippen LogP contribution < -0.4 is 0 Å². The minimum Gasteiger partial charge on any atom is -0.296 e. The summed E-state index contributed by atoms with van der Waals surface area (Å²) < 4.78 is 1.05. The quantitative estimate of drug-likeness (QED) is 0.688. The van der Waals surface area contributed by atoms with Gasteiger partial charge in [-0.15, -0.1) is 0 Å². The molecule has 1 heterocycles. The van der Waals surface area contributed by atoms with E-state index in [0.717, 1.165) is 29.3 Å². The number of carbonyl (C=O) groups is 1. The first kappa shape index (κ1) is 8.63. The molecule has 0 atom stereocenters. The number of hydrogen-bond donors (Lipinski definition) is 0. The van der Waals surface area contributed by atoms with Crippen LogP contribution in [0.4, 0.5) is 0 Å². The molecular weight excluding hydrogens is 230 g/mol. The Bertz CT molecular complexity index is 385. The number of nitrogens with zero attached hydrogens (tertiary/aromatic N) is 1. The van der Waals surface area contributed by atoms with Gasteiger partial charge in [0.15, 0.2) is 6.29 Å². The van der Waals surface area contributed by atoms with E-state index in [0.29, 0.717) is 5.71 Å². The van der Waals surface area contributed by atoms with Crippen molar-refractivity contribution in [2.45, 2.75) is 6.42 Å². The summed E-state index contributed by atoms with van der Waals surface area (Å²) in [6, 6.07) is 5.92. The molecule has 66 valence electrons. The maximum atomic E-state index is 10.7. The number of aldehydes is 1. The van der Waals surface area contributed by atoms with Crippen LogP contribution in [0.15, 0.2) is 27.7 Å². The van der Waals surface area contributed by atoms with Gasteiger partial charge in [0.25, 0.3) is 0 Å². The maximum absolute atomic E-state index is 10.7. The fraction of sp³-hybridized carbons (Fsp3) is 0.200. The molecule has 0 radical (unpaired) electrons. The van der Waals surface area contributed by atoms with Crippen molar-refractivity contribution in [3.8, 4) is 0 Å². The van der Waals surface area contributed by atoms with Gasteiger partial charge in [0.1, 0.15) is 5.71 Å². The van der Waals surface area contributed by atoms with E-state index < -0.39 is 0 Å². The minimum absolute atomic E-state index is 0.578. The molecule has 0 unspecified atom stereocenters. The number of carbonyl (C=O) groups excluding carboxylic acids is 1. The predicted octanol–water partition coefficient (Wildman–Crippen LogP) is 1.99. The van der Waals surface area contributed by atoms with Crippen LogP contribution in [0.5, 0.6) is 0 Å². The highest BCUT2D eigenvalue weighted by Gasteiger charge is 2.12. The zero-order chi connectivity index (χ0) is 9.26. The molecule has 2 nitrogen and oxygen atoms in total. The van der Waals surface area contributed by atoms with Crippen molar-refractivity contribution >= 4 is 27.9 Å². The minimum atomic E-state index is 0.578. The topological polar surface area (TPSA) is 29.4 Å². The second-order valence-corrected chi connectivity index (χ2v) is 3.85. The Labute approximate surface area is 84.8 Å². The van der Waals surface area contributed by atoms with Crippen LogP contribution in [0.1, 0.15) is 11.1 Å². The first-order chi connectivity index (χ1) is 6.31. The average molecular weight is 238 g/mol. The van der Waals surface area contributed by atoms with Gasteiger partial charge in [-0.05, 0) is 24.1 Å². The van der Waals surface area contributed by atoms with Gasteiger partial charge in [-0.2, -0.15) is 0 Å². The molecule has 1 aromatic rings. The summed E-state index contributed by atoms with van der Waals surface area (Å²) >= 11 is 3.40. The number of rotatable bonds is 1. The Morgan fingerprint density at radius 2 is 2.31 bits per heavy atom. The van der Waals surface area contributed by atoms with E-state index in [9.17, 15) is 4.79 Å². The van der Waals surface area contributed by atoms with Crippen LogP contribution in [0.3, 0.4) is 0 Å². The maximum Gasteiger partial charge on any atom is 0.168 e. The van der Waals surface area contributed by atoms with Gasteiger partial charge >= 0.3 is 0 Å². The van der Waals surface area contributed by atoms with Crippen molar-refractivity contribution in [1.82, 2.24) is 0 Å². The predicted molar refractivity (Wildman–Crippen MR) is 55.3 cm³/mol. The second-order valence-electron chi connectivity index (χ2n) is 2.94. The first-order valence-corrected chi connectivity index (χ1v) is 4.89. The fourth-order valence-electron chi connectivity index (χ4n) is 1.50. The van der Waals surface area contributed by atoms with E-state index in [2.05, 4.69) is 20.9 Å². The van der Waals surface area contributed by atoms with E-state index in [-0.39, 0.29) is 0 Å². The molecule has 0 aromatic heterocycles. The number of halogens is 1. The van der Waals surface area contributed by atoms with E-state index in [4.69, 9.17) is 0 Å². The summed E-state index contributed by atoms with van der Waals surface area (Å²) in [5, 5.41) is 0. The van der Waals surface area contributed by atoms with Crippen LogP contribution in [-0.2, 0) is 11.2 Å². The van der Waals surface area contributed by atoms with Crippen LogP contribution >= 0.6 is 15.9 Å². The third-order valence-electron chi connectivity index (χ3n) is 2.12. The lowest BCUT2D eigenvalue weighted by Gasteiger charge is -2.13. The standard InChI is InChI=1S/C10H8BrNO/c11-8-1-2-9-7(5-8)3-4-12-10(9)6-13/h1-2,5-6H,3-4H2. The number of fused-ring (bicyclic) bond motifs is 1. The van der Waals surface area contributed by atoms with Crippen molar-refractivity contribution in [1.29, 1.82) is 0 Å². The Morgan fingerprint density at radius 3 is 3.08 bits per heavy atom. The number of benzene rings is 1. The highest BCUT2D eigenvalue weighted by atomic mass is 79.9. The van der Waals surface area contributed by atoms with Gasteiger partial charge in [0, 0.05) is 16.6 Å². The fourth-order valence-corrected chi connectivity index (χ4v) is 1.91. The molecule has 2 rings (SSSR count). The zero-order valence-corrected chi connectivity index (χ0v) is 8.54. The van der Waals surface area contributed by atoms with E-state index in [1.165, 1.54) is 5.56 Å². The van der Waals surface area contributed by atoms with Gasteiger partial charge in [-0.1, -0.05) is 22.0 Å². The van der Waals surface area contributed by atoms with Crippen molar-refractivity contribution in [3.05, 3.63) is 33.8 Å². The molecule has 0 aliphatic carbocycles. The van der Waals surface area contributed by atoms with Crippen LogP contribution in [-0.4, -0.2) is 18.5 Å². The monoisotopic (exact) mass is 237 g/mol. The normalized spacial score (nSPS) is 14.7. The molecule has 3 heteroatoms. The third-order valence-corrected chi connectivity index (χ3v) is 2.61. The van der Waals surface area contributed by atoms with Crippen LogP contribution in [0.2, 0.25) is 0 Å². The van der Waals surface area contributed by atoms with E-state index >= 15 is 0 Å². The van der Waals surface area contributed by atoms with Crippen molar-refractivity contribution < 1.29 is 4.79 Å². The molecule has 0 amide bonds. The smallest absolute Gasteiger partial charge is 0.168 e. The highest BCUT2D eigenvalue weighted by Crippen LogP contribution is 2.20. The molecule has 1 aliphatic rings. The van der Waals surface area contributed by atoms with Gasteiger partial charge in [0.05, 0.1) is 0 Å². The summed E-state index contributed by atoms with van der Waals surface area (Å²) in [6.45, 7) is 0.720. The molecule has 0 spiro atoms. The molecule has 0 saturated heterocycles. The Morgan fingerprint density at radius 1 is 1.46 bits per heavy atom. The summed E-state index contributed by atoms with van der Waals surface area (Å²) in [5.74, 6) is 0. The molecule has 0 N–H and O–H groups in total. The first-order valence-electron chi connectivity index (χ1n) is 4.09. The summed E-state index contributed by atoms with van der Waals surface area (Å²) in [5.41, 5.74) is 2.75. The molecule has 0 bridgehead atoms. The highest BCUT2D eigenvalue weighted by molar-refractivity contribution is 9.10. The zero-order valence-electron chi connectivity index (χ0n) is 6.96. The summed E-state index contributed by atoms with van der Waals surface area (Å²) in [4.78, 5) is 14.8. The molecule has 1 aliphatic heterocycles.